The molecule has 0 N–H and O–H groups in total. The average molecular weight is 222 g/mol. The highest BCUT2D eigenvalue weighted by Gasteiger charge is 2.12. The molecule has 0 heterocycles. The summed E-state index contributed by atoms with van der Waals surface area (Å²) in [6, 6.07) is 4.80. The fraction of sp³-hybridized carbons (Fsp3) is 0.333. The summed E-state index contributed by atoms with van der Waals surface area (Å²) in [5.41, 5.74) is 1.53. The largest absolute Gasteiger partial charge is 0.465 e. The highest BCUT2D eigenvalue weighted by molar-refractivity contribution is 5.95. The first-order valence-electron chi connectivity index (χ1n) is 4.95. The number of aryl methyl sites for hydroxylation is 1. The third kappa shape index (κ3) is 2.82. The van der Waals surface area contributed by atoms with Gasteiger partial charge in [0.25, 0.3) is 0 Å². The summed E-state index contributed by atoms with van der Waals surface area (Å²) in [6.45, 7) is 3.84. The third-order valence-corrected chi connectivity index (χ3v) is 2.01. The van der Waals surface area contributed by atoms with Crippen LogP contribution in [0.25, 0.3) is 0 Å². The number of carbonyl (C=O) groups is 2. The van der Waals surface area contributed by atoms with Crippen molar-refractivity contribution in [1.82, 2.24) is 0 Å². The summed E-state index contributed by atoms with van der Waals surface area (Å²) in [5.74, 6) is -0.898. The predicted molar refractivity (Wildman–Crippen MR) is 58.5 cm³/mol. The van der Waals surface area contributed by atoms with Crippen LogP contribution in [0.5, 0.6) is 0 Å². The molecule has 1 aromatic carbocycles. The number of methoxy groups -OCH3 is 1. The number of benzene rings is 1. The molecule has 4 nitrogen and oxygen atoms in total. The fourth-order valence-electron chi connectivity index (χ4n) is 1.35. The lowest BCUT2D eigenvalue weighted by molar-refractivity contribution is 0.0526. The first kappa shape index (κ1) is 12.2. The molecule has 0 aromatic heterocycles. The second kappa shape index (κ2) is 5.30. The molecule has 0 saturated carbocycles. The van der Waals surface area contributed by atoms with E-state index >= 15 is 0 Å². The van der Waals surface area contributed by atoms with Gasteiger partial charge in [-0.25, -0.2) is 9.59 Å². The second-order valence-electron chi connectivity index (χ2n) is 3.30. The van der Waals surface area contributed by atoms with Gasteiger partial charge in [-0.05, 0) is 37.6 Å². The minimum absolute atomic E-state index is 0.306. The Morgan fingerprint density at radius 2 is 1.69 bits per heavy atom. The number of esters is 2. The van der Waals surface area contributed by atoms with Crippen molar-refractivity contribution in [3.8, 4) is 0 Å². The van der Waals surface area contributed by atoms with E-state index in [1.54, 1.807) is 26.0 Å². The molecule has 0 aliphatic carbocycles. The van der Waals surface area contributed by atoms with Gasteiger partial charge in [0.05, 0.1) is 24.8 Å². The molecule has 16 heavy (non-hydrogen) atoms. The molecule has 0 aliphatic rings. The van der Waals surface area contributed by atoms with E-state index in [1.807, 2.05) is 0 Å². The molecule has 0 aliphatic heterocycles. The summed E-state index contributed by atoms with van der Waals surface area (Å²) >= 11 is 0. The Balaban J connectivity index is 3.07. The second-order valence-corrected chi connectivity index (χ2v) is 3.30. The molecule has 0 amide bonds. The van der Waals surface area contributed by atoms with Crippen LogP contribution in [0.4, 0.5) is 0 Å². The van der Waals surface area contributed by atoms with Gasteiger partial charge in [-0.1, -0.05) is 0 Å². The van der Waals surface area contributed by atoms with E-state index in [9.17, 15) is 9.59 Å². The van der Waals surface area contributed by atoms with Crippen molar-refractivity contribution in [1.29, 1.82) is 0 Å². The van der Waals surface area contributed by atoms with Crippen LogP contribution in [-0.2, 0) is 9.47 Å². The molecule has 86 valence electrons. The fourth-order valence-corrected chi connectivity index (χ4v) is 1.35. The predicted octanol–water partition coefficient (Wildman–Crippen LogP) is 1.96. The van der Waals surface area contributed by atoms with Gasteiger partial charge >= 0.3 is 11.9 Å². The lowest BCUT2D eigenvalue weighted by atomic mass is 10.1. The minimum Gasteiger partial charge on any atom is -0.465 e. The number of carbonyl (C=O) groups excluding carboxylic acids is 2. The minimum atomic E-state index is -0.464. The molecule has 0 spiro atoms. The topological polar surface area (TPSA) is 52.6 Å². The molecule has 1 rings (SSSR count). The van der Waals surface area contributed by atoms with Crippen LogP contribution < -0.4 is 0 Å². The van der Waals surface area contributed by atoms with E-state index in [1.165, 1.54) is 13.2 Å². The van der Waals surface area contributed by atoms with Crippen molar-refractivity contribution >= 4 is 11.9 Å². The Kier molecular flexibility index (Phi) is 4.05. The Morgan fingerprint density at radius 1 is 1.12 bits per heavy atom. The summed E-state index contributed by atoms with van der Waals surface area (Å²) in [4.78, 5) is 22.8. The third-order valence-electron chi connectivity index (χ3n) is 2.01. The molecular formula is C12H14O4. The average Bonchev–Trinajstić information content (AvgIpc) is 2.27. The van der Waals surface area contributed by atoms with Gasteiger partial charge < -0.3 is 9.47 Å². The molecule has 0 atom stereocenters. The lowest BCUT2D eigenvalue weighted by Gasteiger charge is -2.05. The van der Waals surface area contributed by atoms with Gasteiger partial charge in [0.15, 0.2) is 0 Å². The Labute approximate surface area is 94.2 Å². The van der Waals surface area contributed by atoms with Crippen LogP contribution in [0.1, 0.15) is 33.2 Å². The smallest absolute Gasteiger partial charge is 0.338 e. The molecule has 0 saturated heterocycles. The normalized spacial score (nSPS) is 9.69. The van der Waals surface area contributed by atoms with Crippen molar-refractivity contribution in [2.75, 3.05) is 13.7 Å². The van der Waals surface area contributed by atoms with E-state index in [2.05, 4.69) is 4.74 Å². The number of hydrogen-bond acceptors (Lipinski definition) is 4. The zero-order valence-electron chi connectivity index (χ0n) is 9.57. The monoisotopic (exact) mass is 222 g/mol. The quantitative estimate of drug-likeness (QED) is 0.733. The Bertz CT molecular complexity index is 409. The maximum absolute atomic E-state index is 11.5. The van der Waals surface area contributed by atoms with Crippen LogP contribution in [0.3, 0.4) is 0 Å². The zero-order chi connectivity index (χ0) is 12.1. The summed E-state index contributed by atoms with van der Waals surface area (Å²) in [5, 5.41) is 0. The van der Waals surface area contributed by atoms with Crippen LogP contribution in [0, 0.1) is 6.92 Å². The Hall–Kier alpha value is -1.84. The van der Waals surface area contributed by atoms with Gasteiger partial charge in [-0.2, -0.15) is 0 Å². The number of ether oxygens (including phenoxy) is 2. The highest BCUT2D eigenvalue weighted by atomic mass is 16.5. The maximum atomic E-state index is 11.5. The van der Waals surface area contributed by atoms with Crippen molar-refractivity contribution in [3.05, 3.63) is 34.9 Å². The van der Waals surface area contributed by atoms with E-state index in [-0.39, 0.29) is 0 Å². The van der Waals surface area contributed by atoms with Gasteiger partial charge in [0, 0.05) is 0 Å². The van der Waals surface area contributed by atoms with E-state index in [0.29, 0.717) is 17.7 Å². The van der Waals surface area contributed by atoms with E-state index in [4.69, 9.17) is 4.74 Å². The molecule has 4 heteroatoms. The Morgan fingerprint density at radius 3 is 2.19 bits per heavy atom. The van der Waals surface area contributed by atoms with Gasteiger partial charge in [0.2, 0.25) is 0 Å². The molecule has 0 unspecified atom stereocenters. The standard InChI is InChI=1S/C12H14O4/c1-4-16-12(14)10-6-8(2)5-9(7-10)11(13)15-3/h5-7H,4H2,1-3H3. The highest BCUT2D eigenvalue weighted by Crippen LogP contribution is 2.12. The first-order chi connectivity index (χ1) is 7.58. The van der Waals surface area contributed by atoms with Crippen LogP contribution in [0.2, 0.25) is 0 Å². The van der Waals surface area contributed by atoms with Crippen molar-refractivity contribution in [3.63, 3.8) is 0 Å². The zero-order valence-corrected chi connectivity index (χ0v) is 9.57. The molecule has 0 radical (unpaired) electrons. The van der Waals surface area contributed by atoms with Crippen molar-refractivity contribution in [2.24, 2.45) is 0 Å². The van der Waals surface area contributed by atoms with Crippen molar-refractivity contribution < 1.29 is 19.1 Å². The summed E-state index contributed by atoms with van der Waals surface area (Å²) < 4.78 is 9.46. The lowest BCUT2D eigenvalue weighted by Crippen LogP contribution is -2.08. The number of rotatable bonds is 3. The summed E-state index contributed by atoms with van der Waals surface area (Å²) in [7, 11) is 1.30. The first-order valence-corrected chi connectivity index (χ1v) is 4.95. The van der Waals surface area contributed by atoms with Gasteiger partial charge in [-0.15, -0.1) is 0 Å². The van der Waals surface area contributed by atoms with Gasteiger partial charge in [-0.3, -0.25) is 0 Å². The SMILES string of the molecule is CCOC(=O)c1cc(C)cc(C(=O)OC)c1. The number of hydrogen-bond donors (Lipinski definition) is 0. The van der Waals surface area contributed by atoms with Crippen LogP contribution in [-0.4, -0.2) is 25.7 Å². The molecule has 0 bridgehead atoms. The molecule has 0 fully saturated rings. The van der Waals surface area contributed by atoms with Gasteiger partial charge in [0.1, 0.15) is 0 Å². The van der Waals surface area contributed by atoms with Crippen molar-refractivity contribution in [2.45, 2.75) is 13.8 Å². The van der Waals surface area contributed by atoms with E-state index in [0.717, 1.165) is 5.56 Å². The van der Waals surface area contributed by atoms with E-state index < -0.39 is 11.9 Å². The maximum Gasteiger partial charge on any atom is 0.338 e. The van der Waals surface area contributed by atoms with Crippen LogP contribution >= 0.6 is 0 Å². The summed E-state index contributed by atoms with van der Waals surface area (Å²) in [6.07, 6.45) is 0. The van der Waals surface area contributed by atoms with Crippen LogP contribution in [0.15, 0.2) is 18.2 Å². The molecule has 1 aromatic rings. The molecular weight excluding hydrogens is 208 g/mol.